The number of carbonyl (C=O) groups excluding carboxylic acids is 1. The number of aromatic nitrogens is 2. The molecule has 2 aliphatic rings. The van der Waals surface area contributed by atoms with Gasteiger partial charge in [0.15, 0.2) is 11.5 Å². The zero-order chi connectivity index (χ0) is 26.5. The maximum atomic E-state index is 13.1. The molecule has 2 aliphatic heterocycles. The van der Waals surface area contributed by atoms with Crippen LogP contribution in [0.25, 0.3) is 0 Å². The molecule has 3 aromatic rings. The normalized spacial score (nSPS) is 19.0. The second-order valence-electron chi connectivity index (χ2n) is 11.3. The molecule has 0 saturated carbocycles. The summed E-state index contributed by atoms with van der Waals surface area (Å²) in [5.74, 6) is 2.12. The third-order valence-electron chi connectivity index (χ3n) is 7.62. The number of pyridine rings is 2. The minimum absolute atomic E-state index is 0.0375. The van der Waals surface area contributed by atoms with Gasteiger partial charge in [-0.1, -0.05) is 32.0 Å². The average molecular weight is 515 g/mol. The second kappa shape index (κ2) is 11.5. The van der Waals surface area contributed by atoms with Crippen LogP contribution in [0.15, 0.2) is 60.9 Å². The van der Waals surface area contributed by atoms with E-state index in [1.54, 1.807) is 12.4 Å². The van der Waals surface area contributed by atoms with E-state index < -0.39 is 0 Å². The molecule has 38 heavy (non-hydrogen) atoms. The molecule has 0 atom stereocenters. The van der Waals surface area contributed by atoms with E-state index in [-0.39, 0.29) is 11.3 Å². The smallest absolute Gasteiger partial charge is 0.255 e. The van der Waals surface area contributed by atoms with Gasteiger partial charge in [-0.3, -0.25) is 14.7 Å². The van der Waals surface area contributed by atoms with Gasteiger partial charge in [0.05, 0.1) is 12.2 Å². The van der Waals surface area contributed by atoms with Crippen LogP contribution in [0.1, 0.15) is 61.1 Å². The zero-order valence-corrected chi connectivity index (χ0v) is 22.7. The molecule has 0 spiro atoms. The third kappa shape index (κ3) is 6.33. The molecule has 7 nitrogen and oxygen atoms in total. The van der Waals surface area contributed by atoms with E-state index in [4.69, 9.17) is 9.47 Å². The lowest BCUT2D eigenvalue weighted by molar-refractivity contribution is 0.0594. The van der Waals surface area contributed by atoms with Crippen molar-refractivity contribution in [1.29, 1.82) is 0 Å². The quantitative estimate of drug-likeness (QED) is 0.425. The van der Waals surface area contributed by atoms with Gasteiger partial charge in [0.1, 0.15) is 0 Å². The molecule has 0 aliphatic carbocycles. The number of nitrogens with zero attached hydrogens (tertiary/aromatic N) is 4. The van der Waals surface area contributed by atoms with Crippen LogP contribution in [0.5, 0.6) is 17.4 Å². The SMILES string of the molecule is Cc1ccc(C(=O)N2CCC(N3CCCC(C)(C)COc4ccccc4Oc4ncccc4C3)CC2)cn1. The number of rotatable bonds is 2. The van der Waals surface area contributed by atoms with E-state index in [0.717, 1.165) is 68.9 Å². The summed E-state index contributed by atoms with van der Waals surface area (Å²) >= 11 is 0. The fourth-order valence-electron chi connectivity index (χ4n) is 5.32. The highest BCUT2D eigenvalue weighted by Crippen LogP contribution is 2.35. The number of fused-ring (bicyclic) bond motifs is 2. The van der Waals surface area contributed by atoms with Gasteiger partial charge >= 0.3 is 0 Å². The Kier molecular flexibility index (Phi) is 7.93. The fourth-order valence-corrected chi connectivity index (χ4v) is 5.32. The van der Waals surface area contributed by atoms with Gasteiger partial charge in [0.2, 0.25) is 5.88 Å². The number of para-hydroxylation sites is 2. The van der Waals surface area contributed by atoms with Crippen molar-refractivity contribution in [2.45, 2.75) is 59.0 Å². The molecular weight excluding hydrogens is 476 g/mol. The van der Waals surface area contributed by atoms with Gasteiger partial charge in [-0.25, -0.2) is 4.98 Å². The van der Waals surface area contributed by atoms with Gasteiger partial charge in [-0.2, -0.15) is 0 Å². The van der Waals surface area contributed by atoms with Crippen LogP contribution < -0.4 is 9.47 Å². The highest BCUT2D eigenvalue weighted by Gasteiger charge is 2.29. The Morgan fingerprint density at radius 2 is 1.76 bits per heavy atom. The maximum Gasteiger partial charge on any atom is 0.255 e. The van der Waals surface area contributed by atoms with Crippen LogP contribution in [0.4, 0.5) is 0 Å². The van der Waals surface area contributed by atoms with E-state index in [9.17, 15) is 4.79 Å². The molecule has 1 fully saturated rings. The van der Waals surface area contributed by atoms with Gasteiger partial charge < -0.3 is 14.4 Å². The number of benzene rings is 1. The predicted octanol–water partition coefficient (Wildman–Crippen LogP) is 5.88. The van der Waals surface area contributed by atoms with Gasteiger partial charge in [0, 0.05) is 49.3 Å². The molecule has 2 aromatic heterocycles. The Balaban J connectivity index is 1.34. The van der Waals surface area contributed by atoms with Crippen LogP contribution in [0.2, 0.25) is 0 Å². The largest absolute Gasteiger partial charge is 0.489 e. The van der Waals surface area contributed by atoms with E-state index in [0.29, 0.717) is 29.8 Å². The summed E-state index contributed by atoms with van der Waals surface area (Å²) in [6.45, 7) is 10.3. The molecule has 0 bridgehead atoms. The summed E-state index contributed by atoms with van der Waals surface area (Å²) in [7, 11) is 0. The number of hydrogen-bond donors (Lipinski definition) is 0. The number of ether oxygens (including phenoxy) is 2. The Hall–Kier alpha value is -3.45. The topological polar surface area (TPSA) is 67.8 Å². The summed E-state index contributed by atoms with van der Waals surface area (Å²) in [5.41, 5.74) is 2.68. The molecule has 200 valence electrons. The first-order valence-corrected chi connectivity index (χ1v) is 13.7. The molecule has 7 heteroatoms. The molecule has 4 heterocycles. The number of hydrogen-bond acceptors (Lipinski definition) is 6. The predicted molar refractivity (Wildman–Crippen MR) is 148 cm³/mol. The van der Waals surface area contributed by atoms with Crippen molar-refractivity contribution in [1.82, 2.24) is 19.8 Å². The molecule has 1 aromatic carbocycles. The van der Waals surface area contributed by atoms with Crippen LogP contribution in [0, 0.1) is 12.3 Å². The number of piperidine rings is 1. The summed E-state index contributed by atoms with van der Waals surface area (Å²) in [5, 5.41) is 0. The summed E-state index contributed by atoms with van der Waals surface area (Å²) in [4.78, 5) is 26.5. The number of likely N-dealkylation sites (tertiary alicyclic amines) is 1. The van der Waals surface area contributed by atoms with Crippen LogP contribution >= 0.6 is 0 Å². The first-order valence-electron chi connectivity index (χ1n) is 13.7. The Labute approximate surface area is 225 Å². The summed E-state index contributed by atoms with van der Waals surface area (Å²) < 4.78 is 12.6. The average Bonchev–Trinajstić information content (AvgIpc) is 2.93. The van der Waals surface area contributed by atoms with Crippen molar-refractivity contribution in [2.75, 3.05) is 26.2 Å². The van der Waals surface area contributed by atoms with Crippen molar-refractivity contribution < 1.29 is 14.3 Å². The first kappa shape index (κ1) is 26.2. The zero-order valence-electron chi connectivity index (χ0n) is 22.7. The third-order valence-corrected chi connectivity index (χ3v) is 7.62. The van der Waals surface area contributed by atoms with Gasteiger partial charge in [-0.15, -0.1) is 0 Å². The van der Waals surface area contributed by atoms with E-state index >= 15 is 0 Å². The lowest BCUT2D eigenvalue weighted by Gasteiger charge is -2.39. The lowest BCUT2D eigenvalue weighted by Crippen LogP contribution is -2.47. The summed E-state index contributed by atoms with van der Waals surface area (Å²) in [6.07, 6.45) is 7.48. The van der Waals surface area contributed by atoms with Crippen LogP contribution in [-0.2, 0) is 6.54 Å². The van der Waals surface area contributed by atoms with Gasteiger partial charge in [-0.05, 0) is 74.9 Å². The fraction of sp³-hybridized carbons (Fsp3) is 0.452. The Morgan fingerprint density at radius 3 is 2.53 bits per heavy atom. The van der Waals surface area contributed by atoms with E-state index in [2.05, 4.69) is 34.8 Å². The van der Waals surface area contributed by atoms with Crippen LogP contribution in [0.3, 0.4) is 0 Å². The van der Waals surface area contributed by atoms with Crippen molar-refractivity contribution >= 4 is 5.91 Å². The second-order valence-corrected chi connectivity index (χ2v) is 11.3. The molecule has 1 amide bonds. The highest BCUT2D eigenvalue weighted by atomic mass is 16.5. The van der Waals surface area contributed by atoms with Crippen LogP contribution in [-0.4, -0.2) is 58.0 Å². The standard InChI is InChI=1S/C31H38N4O3/c1-23-11-12-24(20-33-23)30(36)34-18-13-26(14-19-34)35-17-7-15-31(2,3)22-37-27-9-4-5-10-28(27)38-29-25(21-35)8-6-16-32-29/h4-6,8-12,16,20,26H,7,13-15,17-19,21-22H2,1-3H3. The molecular formula is C31H38N4O3. The van der Waals surface area contributed by atoms with Crippen molar-refractivity contribution in [3.63, 3.8) is 0 Å². The Morgan fingerprint density at radius 1 is 0.974 bits per heavy atom. The minimum atomic E-state index is 0.0375. The first-order chi connectivity index (χ1) is 18.4. The van der Waals surface area contributed by atoms with Crippen molar-refractivity contribution in [3.8, 4) is 17.4 Å². The molecule has 5 rings (SSSR count). The van der Waals surface area contributed by atoms with Crippen molar-refractivity contribution in [2.24, 2.45) is 5.41 Å². The molecule has 1 saturated heterocycles. The van der Waals surface area contributed by atoms with Crippen molar-refractivity contribution in [3.05, 3.63) is 77.7 Å². The number of amides is 1. The number of carbonyl (C=O) groups is 1. The van der Waals surface area contributed by atoms with E-state index in [1.165, 1.54) is 0 Å². The number of aryl methyl sites for hydroxylation is 1. The van der Waals surface area contributed by atoms with E-state index in [1.807, 2.05) is 54.3 Å². The lowest BCUT2D eigenvalue weighted by atomic mass is 9.88. The minimum Gasteiger partial charge on any atom is -0.489 e. The highest BCUT2D eigenvalue weighted by molar-refractivity contribution is 5.94. The maximum absolute atomic E-state index is 13.1. The molecule has 0 unspecified atom stereocenters. The molecule has 0 radical (unpaired) electrons. The monoisotopic (exact) mass is 514 g/mol. The van der Waals surface area contributed by atoms with Gasteiger partial charge in [0.25, 0.3) is 5.91 Å². The Bertz CT molecular complexity index is 1240. The molecule has 0 N–H and O–H groups in total. The summed E-state index contributed by atoms with van der Waals surface area (Å²) in [6, 6.07) is 16.1.